The van der Waals surface area contributed by atoms with E-state index < -0.39 is 11.4 Å². The number of Topliss-reactive ketones (excluding diaryl/α,β-unsaturated/α-hetero) is 1. The van der Waals surface area contributed by atoms with E-state index in [0.29, 0.717) is 13.0 Å². The summed E-state index contributed by atoms with van der Waals surface area (Å²) in [7, 11) is 1.29. The van der Waals surface area contributed by atoms with E-state index in [1.807, 2.05) is 13.8 Å². The van der Waals surface area contributed by atoms with Crippen LogP contribution in [0.4, 0.5) is 0 Å². The topological polar surface area (TPSA) is 69.7 Å². The number of ether oxygens (including phenoxy) is 2. The highest BCUT2D eigenvalue weighted by Crippen LogP contribution is 2.41. The second-order valence-electron chi connectivity index (χ2n) is 5.81. The zero-order valence-corrected chi connectivity index (χ0v) is 13.3. The standard InChI is InChI=1S/C16H26O5/c1-4-5-11-21-13(17)8-10-16(15(19)20-3)9-6-7-12(2)14(16)18/h12H,4-11H2,1-3H3. The Hall–Kier alpha value is -1.39. The molecule has 1 aliphatic rings. The van der Waals surface area contributed by atoms with Gasteiger partial charge in [0.15, 0.2) is 5.78 Å². The molecule has 0 bridgehead atoms. The molecule has 5 nitrogen and oxygen atoms in total. The van der Waals surface area contributed by atoms with Crippen LogP contribution in [0, 0.1) is 11.3 Å². The number of unbranched alkanes of at least 4 members (excludes halogenated alkanes) is 1. The monoisotopic (exact) mass is 298 g/mol. The molecule has 2 unspecified atom stereocenters. The zero-order chi connectivity index (χ0) is 15.9. The highest BCUT2D eigenvalue weighted by molar-refractivity contribution is 6.05. The predicted octanol–water partition coefficient (Wildman–Crippen LogP) is 2.66. The van der Waals surface area contributed by atoms with Gasteiger partial charge in [-0.05, 0) is 25.7 Å². The second-order valence-corrected chi connectivity index (χ2v) is 5.81. The zero-order valence-electron chi connectivity index (χ0n) is 13.3. The van der Waals surface area contributed by atoms with E-state index in [9.17, 15) is 14.4 Å². The van der Waals surface area contributed by atoms with Gasteiger partial charge in [-0.25, -0.2) is 0 Å². The Kier molecular flexibility index (Phi) is 6.85. The number of ketones is 1. The minimum atomic E-state index is -1.16. The number of carbonyl (C=O) groups is 3. The summed E-state index contributed by atoms with van der Waals surface area (Å²) in [6, 6.07) is 0. The van der Waals surface area contributed by atoms with E-state index >= 15 is 0 Å². The molecular weight excluding hydrogens is 272 g/mol. The molecule has 21 heavy (non-hydrogen) atoms. The summed E-state index contributed by atoms with van der Waals surface area (Å²) in [5, 5.41) is 0. The maximum atomic E-state index is 12.5. The SMILES string of the molecule is CCCCOC(=O)CCC1(C(=O)OC)CCCC(C)C1=O. The molecule has 0 heterocycles. The number of hydrogen-bond acceptors (Lipinski definition) is 5. The molecular formula is C16H26O5. The third-order valence-corrected chi connectivity index (χ3v) is 4.25. The molecule has 2 atom stereocenters. The molecule has 0 N–H and O–H groups in total. The lowest BCUT2D eigenvalue weighted by molar-refractivity contribution is -0.163. The number of rotatable bonds is 7. The largest absolute Gasteiger partial charge is 0.468 e. The van der Waals surface area contributed by atoms with Crippen molar-refractivity contribution in [2.75, 3.05) is 13.7 Å². The van der Waals surface area contributed by atoms with Gasteiger partial charge in [-0.1, -0.05) is 26.7 Å². The Morgan fingerprint density at radius 1 is 1.38 bits per heavy atom. The average molecular weight is 298 g/mol. The van der Waals surface area contributed by atoms with Gasteiger partial charge in [0.05, 0.1) is 13.7 Å². The molecule has 0 spiro atoms. The molecule has 0 aromatic heterocycles. The fourth-order valence-corrected chi connectivity index (χ4v) is 2.90. The van der Waals surface area contributed by atoms with Crippen molar-refractivity contribution in [1.82, 2.24) is 0 Å². The van der Waals surface area contributed by atoms with Crippen LogP contribution in [-0.2, 0) is 23.9 Å². The fourth-order valence-electron chi connectivity index (χ4n) is 2.90. The maximum Gasteiger partial charge on any atom is 0.319 e. The van der Waals surface area contributed by atoms with Crippen molar-refractivity contribution in [2.24, 2.45) is 11.3 Å². The van der Waals surface area contributed by atoms with Crippen LogP contribution >= 0.6 is 0 Å². The van der Waals surface area contributed by atoms with E-state index in [1.54, 1.807) is 0 Å². The van der Waals surface area contributed by atoms with Crippen LogP contribution in [0.25, 0.3) is 0 Å². The summed E-state index contributed by atoms with van der Waals surface area (Å²) in [6.45, 7) is 4.24. The molecule has 0 radical (unpaired) electrons. The van der Waals surface area contributed by atoms with Gasteiger partial charge >= 0.3 is 11.9 Å². The normalized spacial score (nSPS) is 25.5. The molecule has 1 rings (SSSR count). The van der Waals surface area contributed by atoms with Crippen LogP contribution < -0.4 is 0 Å². The van der Waals surface area contributed by atoms with Crippen molar-refractivity contribution >= 4 is 17.7 Å². The highest BCUT2D eigenvalue weighted by Gasteiger charge is 2.50. The molecule has 0 amide bonds. The van der Waals surface area contributed by atoms with Crippen molar-refractivity contribution in [3.05, 3.63) is 0 Å². The molecule has 0 aliphatic heterocycles. The van der Waals surface area contributed by atoms with Crippen LogP contribution in [0.1, 0.15) is 58.8 Å². The Morgan fingerprint density at radius 2 is 2.10 bits per heavy atom. The highest BCUT2D eigenvalue weighted by atomic mass is 16.5. The third-order valence-electron chi connectivity index (χ3n) is 4.25. The predicted molar refractivity (Wildman–Crippen MR) is 77.6 cm³/mol. The second kappa shape index (κ2) is 8.15. The van der Waals surface area contributed by atoms with Gasteiger partial charge in [-0.3, -0.25) is 14.4 Å². The summed E-state index contributed by atoms with van der Waals surface area (Å²) in [6.07, 6.45) is 4.10. The van der Waals surface area contributed by atoms with Crippen LogP contribution in [0.3, 0.4) is 0 Å². The van der Waals surface area contributed by atoms with Crippen LogP contribution in [0.15, 0.2) is 0 Å². The quantitative estimate of drug-likeness (QED) is 0.410. The average Bonchev–Trinajstić information content (AvgIpc) is 2.48. The summed E-state index contributed by atoms with van der Waals surface area (Å²) >= 11 is 0. The first kappa shape index (κ1) is 17.7. The lowest BCUT2D eigenvalue weighted by Crippen LogP contribution is -2.46. The van der Waals surface area contributed by atoms with Gasteiger partial charge in [0.25, 0.3) is 0 Å². The summed E-state index contributed by atoms with van der Waals surface area (Å²) in [4.78, 5) is 36.3. The smallest absolute Gasteiger partial charge is 0.319 e. The van der Waals surface area contributed by atoms with E-state index in [1.165, 1.54) is 7.11 Å². The Morgan fingerprint density at radius 3 is 2.71 bits per heavy atom. The first-order valence-electron chi connectivity index (χ1n) is 7.76. The van der Waals surface area contributed by atoms with Gasteiger partial charge in [-0.2, -0.15) is 0 Å². The van der Waals surface area contributed by atoms with Gasteiger partial charge in [0.2, 0.25) is 0 Å². The Balaban J connectivity index is 2.69. The first-order valence-corrected chi connectivity index (χ1v) is 7.76. The lowest BCUT2D eigenvalue weighted by atomic mass is 9.66. The van der Waals surface area contributed by atoms with Gasteiger partial charge in [-0.15, -0.1) is 0 Å². The van der Waals surface area contributed by atoms with Gasteiger partial charge < -0.3 is 9.47 Å². The van der Waals surface area contributed by atoms with Crippen molar-refractivity contribution in [3.8, 4) is 0 Å². The Labute approximate surface area is 126 Å². The van der Waals surface area contributed by atoms with Crippen molar-refractivity contribution < 1.29 is 23.9 Å². The lowest BCUT2D eigenvalue weighted by Gasteiger charge is -2.35. The maximum absolute atomic E-state index is 12.5. The molecule has 1 saturated carbocycles. The summed E-state index contributed by atoms with van der Waals surface area (Å²) < 4.78 is 9.92. The summed E-state index contributed by atoms with van der Waals surface area (Å²) in [5.41, 5.74) is -1.16. The minimum Gasteiger partial charge on any atom is -0.468 e. The fraction of sp³-hybridized carbons (Fsp3) is 0.812. The third kappa shape index (κ3) is 4.29. The van der Waals surface area contributed by atoms with E-state index in [4.69, 9.17) is 9.47 Å². The Bertz CT molecular complexity index is 390. The first-order chi connectivity index (χ1) is 9.97. The van der Waals surface area contributed by atoms with E-state index in [2.05, 4.69) is 0 Å². The molecule has 0 aromatic carbocycles. The number of methoxy groups -OCH3 is 1. The van der Waals surface area contributed by atoms with Crippen LogP contribution in [0.2, 0.25) is 0 Å². The molecule has 120 valence electrons. The van der Waals surface area contributed by atoms with Crippen molar-refractivity contribution in [3.63, 3.8) is 0 Å². The van der Waals surface area contributed by atoms with E-state index in [-0.39, 0.29) is 30.5 Å². The number of esters is 2. The molecule has 0 aromatic rings. The molecule has 5 heteroatoms. The van der Waals surface area contributed by atoms with Crippen molar-refractivity contribution in [2.45, 2.75) is 58.8 Å². The molecule has 1 fully saturated rings. The summed E-state index contributed by atoms with van der Waals surface area (Å²) in [5.74, 6) is -1.12. The van der Waals surface area contributed by atoms with E-state index in [0.717, 1.165) is 25.7 Å². The van der Waals surface area contributed by atoms with Gasteiger partial charge in [0, 0.05) is 12.3 Å². The van der Waals surface area contributed by atoms with Crippen LogP contribution in [-0.4, -0.2) is 31.4 Å². The molecule has 0 saturated heterocycles. The molecule has 1 aliphatic carbocycles. The minimum absolute atomic E-state index is 0.0806. The van der Waals surface area contributed by atoms with Crippen LogP contribution in [0.5, 0.6) is 0 Å². The van der Waals surface area contributed by atoms with Gasteiger partial charge in [0.1, 0.15) is 5.41 Å². The number of carbonyl (C=O) groups excluding carboxylic acids is 3. The number of hydrogen-bond donors (Lipinski definition) is 0. The van der Waals surface area contributed by atoms with Crippen molar-refractivity contribution in [1.29, 1.82) is 0 Å².